The average Bonchev–Trinajstić information content (AvgIpc) is 4.01. The van der Waals surface area contributed by atoms with Gasteiger partial charge in [-0.3, -0.25) is 33.8 Å². The number of likely N-dealkylation sites (N-methyl/N-ethyl adjacent to an activating group) is 2. The lowest BCUT2D eigenvalue weighted by Crippen LogP contribution is -2.78. The Morgan fingerprint density at radius 2 is 0.985 bits per heavy atom. The van der Waals surface area contributed by atoms with E-state index in [0.717, 1.165) is 51.8 Å². The molecule has 23 heteroatoms. The Labute approximate surface area is 400 Å². The molecule has 8 fully saturated rings. The average molecular weight is 1020 g/mol. The number of amides is 4. The van der Waals surface area contributed by atoms with Gasteiger partial charge >= 0.3 is 5.97 Å². The van der Waals surface area contributed by atoms with Crippen LogP contribution in [-0.4, -0.2) is 130 Å². The quantitative estimate of drug-likeness (QED) is 0.199. The molecule has 0 aliphatic carbocycles. The van der Waals surface area contributed by atoms with Gasteiger partial charge in [0.05, 0.1) is 38.6 Å². The summed E-state index contributed by atoms with van der Waals surface area (Å²) >= 11 is 0. The lowest BCUT2D eigenvalue weighted by atomic mass is 9.54. The second-order valence-electron chi connectivity index (χ2n) is 17.8. The molecule has 2 spiro atoms. The summed E-state index contributed by atoms with van der Waals surface area (Å²) in [6.45, 7) is -0.222. The third-order valence-corrected chi connectivity index (χ3v) is 25.9. The normalized spacial score (nSPS) is 34.3. The molecule has 4 bridgehead atoms. The number of hydrogen-bond donors (Lipinski definition) is 1. The zero-order valence-electron chi connectivity index (χ0n) is 35.5. The summed E-state index contributed by atoms with van der Waals surface area (Å²) in [5.41, 5.74) is -2.80. The Morgan fingerprint density at radius 1 is 0.597 bits per heavy atom. The van der Waals surface area contributed by atoms with E-state index in [2.05, 4.69) is 0 Å². The van der Waals surface area contributed by atoms with Crippen LogP contribution in [0.15, 0.2) is 119 Å². The molecule has 14 rings (SSSR count). The Bertz CT molecular complexity index is 3180. The number of para-hydroxylation sites is 2. The summed E-state index contributed by atoms with van der Waals surface area (Å²) in [7, 11) is -2.51. The van der Waals surface area contributed by atoms with Crippen LogP contribution >= 0.6 is 43.2 Å². The topological polar surface area (TPSA) is 203 Å². The minimum Gasteiger partial charge on any atom is -0.462 e. The van der Waals surface area contributed by atoms with Gasteiger partial charge < -0.3 is 19.6 Å². The van der Waals surface area contributed by atoms with Gasteiger partial charge in [0, 0.05) is 33.9 Å². The van der Waals surface area contributed by atoms with Gasteiger partial charge in [-0.1, -0.05) is 94.4 Å². The first kappa shape index (κ1) is 43.4. The molecule has 10 heterocycles. The van der Waals surface area contributed by atoms with E-state index in [4.69, 9.17) is 4.74 Å². The highest BCUT2D eigenvalue weighted by atomic mass is 33.1. The van der Waals surface area contributed by atoms with E-state index >= 15 is 36.0 Å². The lowest BCUT2D eigenvalue weighted by molar-refractivity contribution is -0.169. The van der Waals surface area contributed by atoms with E-state index in [1.807, 2.05) is 0 Å². The highest BCUT2D eigenvalue weighted by molar-refractivity contribution is 8.78. The number of hydrogen-bond acceptors (Lipinski definition) is 15. The van der Waals surface area contributed by atoms with Gasteiger partial charge in [0.1, 0.15) is 18.9 Å². The van der Waals surface area contributed by atoms with Crippen molar-refractivity contribution in [1.29, 1.82) is 0 Å². The smallest absolute Gasteiger partial charge is 0.302 e. The minimum absolute atomic E-state index is 0.137. The Hall–Kier alpha value is -4.91. The fraction of sp³-hybridized carbons (Fsp3) is 0.341. The molecule has 0 radical (unpaired) electrons. The number of esters is 1. The predicted molar refractivity (Wildman–Crippen MR) is 250 cm³/mol. The van der Waals surface area contributed by atoms with Gasteiger partial charge in [0.2, 0.25) is 9.74 Å². The molecule has 346 valence electrons. The van der Waals surface area contributed by atoms with E-state index in [1.165, 1.54) is 64.9 Å². The second kappa shape index (κ2) is 13.7. The molecule has 1 N–H and O–H groups in total. The number of carbonyl (C=O) groups excluding carboxylic acids is 5. The first-order chi connectivity index (χ1) is 31.9. The largest absolute Gasteiger partial charge is 0.462 e. The van der Waals surface area contributed by atoms with Crippen LogP contribution < -0.4 is 8.61 Å². The number of rotatable bonds is 8. The van der Waals surface area contributed by atoms with Crippen molar-refractivity contribution in [2.45, 2.75) is 72.2 Å². The number of aliphatic hydroxyl groups is 1. The molecule has 4 aromatic rings. The molecule has 0 aromatic heterocycles. The van der Waals surface area contributed by atoms with Crippen LogP contribution in [0.4, 0.5) is 11.4 Å². The van der Waals surface area contributed by atoms with Crippen molar-refractivity contribution >= 4 is 104 Å². The fourth-order valence-electron chi connectivity index (χ4n) is 12.2. The van der Waals surface area contributed by atoms with Crippen LogP contribution in [0.1, 0.15) is 30.9 Å². The van der Waals surface area contributed by atoms with Gasteiger partial charge in [-0.15, -0.1) is 0 Å². The van der Waals surface area contributed by atoms with E-state index in [1.54, 1.807) is 84.9 Å². The van der Waals surface area contributed by atoms with E-state index in [9.17, 15) is 9.90 Å². The number of fused-ring (bicyclic) bond motifs is 11. The van der Waals surface area contributed by atoms with Gasteiger partial charge in [0.15, 0.2) is 9.74 Å². The zero-order chi connectivity index (χ0) is 47.1. The predicted octanol–water partition coefficient (Wildman–Crippen LogP) is 3.47. The standard InChI is InChI=1S/C44H38N6O11S6/c1-26(52)61-25-44-38(56)48-34-40(23-42(48,63-65-44)36(54)46(44)3,30-19-11-13-21-32(30)50(34)67(59,60)28-16-8-5-9-17-28)39-22-41-35(53)45(2)43(24-51,64-62-41)37(55)47(41)33(39)49(31-20-12-10-18-29(31)39)66(57,58)27-14-6-4-7-15-27/h4-21,33-34,51H,22-25H2,1-3H3/t33-,34-,39-,40-,41-,42-,43-,44-/m0/s1. The van der Waals surface area contributed by atoms with Crippen LogP contribution in [0.3, 0.4) is 0 Å². The third-order valence-electron chi connectivity index (χ3n) is 15.1. The first-order valence-electron chi connectivity index (χ1n) is 21.0. The number of sulfonamides is 2. The fourth-order valence-corrected chi connectivity index (χ4v) is 22.9. The first-order valence-corrected chi connectivity index (χ1v) is 28.2. The van der Waals surface area contributed by atoms with Crippen molar-refractivity contribution < 1.29 is 50.7 Å². The number of benzene rings is 4. The monoisotopic (exact) mass is 1020 g/mol. The molecule has 0 unspecified atom stereocenters. The summed E-state index contributed by atoms with van der Waals surface area (Å²) < 4.78 is 71.0. The van der Waals surface area contributed by atoms with Crippen LogP contribution in [0.25, 0.3) is 0 Å². The number of nitrogens with zero attached hydrogens (tertiary/aromatic N) is 6. The molecule has 8 atom stereocenters. The third kappa shape index (κ3) is 4.70. The van der Waals surface area contributed by atoms with Crippen LogP contribution in [-0.2, 0) is 59.6 Å². The minimum atomic E-state index is -4.74. The Balaban J connectivity index is 1.24. The van der Waals surface area contributed by atoms with Gasteiger partial charge in [-0.2, -0.15) is 0 Å². The molecular weight excluding hydrogens is 981 g/mol. The number of piperazine rings is 2. The molecule has 0 saturated carbocycles. The molecule has 17 nitrogen and oxygen atoms in total. The van der Waals surface area contributed by atoms with Crippen molar-refractivity contribution in [3.05, 3.63) is 120 Å². The van der Waals surface area contributed by atoms with E-state index in [0.29, 0.717) is 11.1 Å². The summed E-state index contributed by atoms with van der Waals surface area (Å²) in [5, 5.41) is 11.1. The van der Waals surface area contributed by atoms with Gasteiger partial charge in [-0.25, -0.2) is 25.4 Å². The molecule has 10 aliphatic rings. The highest BCUT2D eigenvalue weighted by Gasteiger charge is 2.90. The molecule has 67 heavy (non-hydrogen) atoms. The van der Waals surface area contributed by atoms with Crippen molar-refractivity contribution in [3.8, 4) is 0 Å². The van der Waals surface area contributed by atoms with Gasteiger partial charge in [0.25, 0.3) is 43.7 Å². The molecular formula is C44H38N6O11S6. The summed E-state index contributed by atoms with van der Waals surface area (Å²) in [6.07, 6.45) is -3.99. The summed E-state index contributed by atoms with van der Waals surface area (Å²) in [6, 6.07) is 28.6. The van der Waals surface area contributed by atoms with E-state index < -0.39 is 106 Å². The Morgan fingerprint density at radius 3 is 1.42 bits per heavy atom. The SMILES string of the molecule is CC(=O)OC[C@]12SS[C@@]3(C[C@]4([C@]56C[C@@]78SS[C@@](CO)(C(=O)N7[C@H]5N(S(=O)(=O)c5ccccc5)c5ccccc56)N(C)C8=O)c5ccccc5N(S(=O)(=O)c5ccccc5)[C@@H]4N3C1=O)C(=O)N2C. The summed E-state index contributed by atoms with van der Waals surface area (Å²) in [5.74, 6) is -3.37. The van der Waals surface area contributed by atoms with Crippen LogP contribution in [0.5, 0.6) is 0 Å². The zero-order valence-corrected chi connectivity index (χ0v) is 40.4. The maximum absolute atomic E-state index is 16.0. The second-order valence-corrected chi connectivity index (χ2v) is 26.8. The van der Waals surface area contributed by atoms with Crippen molar-refractivity contribution in [3.63, 3.8) is 0 Å². The van der Waals surface area contributed by atoms with Crippen LogP contribution in [0.2, 0.25) is 0 Å². The number of anilines is 2. The maximum Gasteiger partial charge on any atom is 0.302 e. The van der Waals surface area contributed by atoms with Crippen molar-refractivity contribution in [2.24, 2.45) is 0 Å². The van der Waals surface area contributed by atoms with Gasteiger partial charge in [-0.05, 0) is 69.1 Å². The number of carbonyl (C=O) groups is 5. The van der Waals surface area contributed by atoms with Crippen molar-refractivity contribution in [1.82, 2.24) is 19.6 Å². The van der Waals surface area contributed by atoms with E-state index in [-0.39, 0.29) is 34.0 Å². The molecule has 4 amide bonds. The summed E-state index contributed by atoms with van der Waals surface area (Å²) in [4.78, 5) is 72.3. The highest BCUT2D eigenvalue weighted by Crippen LogP contribution is 2.80. The lowest BCUT2D eigenvalue weighted by Gasteiger charge is -2.58. The Kier molecular flexibility index (Phi) is 8.84. The maximum atomic E-state index is 16.0. The number of ether oxygens (including phenoxy) is 1. The molecule has 8 saturated heterocycles. The molecule has 4 aromatic carbocycles. The van der Waals surface area contributed by atoms with Crippen LogP contribution in [0, 0.1) is 0 Å². The van der Waals surface area contributed by atoms with Crippen molar-refractivity contribution in [2.75, 3.05) is 35.9 Å². The molecule has 10 aliphatic heterocycles. The number of aliphatic hydroxyl groups excluding tert-OH is 1.